The van der Waals surface area contributed by atoms with E-state index in [1.807, 2.05) is 13.8 Å². The van der Waals surface area contributed by atoms with E-state index in [0.29, 0.717) is 18.5 Å². The van der Waals surface area contributed by atoms with Gasteiger partial charge in [0.15, 0.2) is 11.9 Å². The largest absolute Gasteiger partial charge is 0.480 e. The van der Waals surface area contributed by atoms with Crippen molar-refractivity contribution >= 4 is 59.2 Å². The second-order valence-electron chi connectivity index (χ2n) is 16.8. The Kier molecular flexibility index (Phi) is 22.6. The van der Waals surface area contributed by atoms with Crippen LogP contribution in [-0.2, 0) is 44.8 Å². The quantitative estimate of drug-likeness (QED) is 0.0228. The first-order valence-electron chi connectivity index (χ1n) is 21.7. The maximum Gasteiger partial charge on any atom is 0.326 e. The van der Waals surface area contributed by atoms with Gasteiger partial charge in [-0.25, -0.2) is 9.78 Å². The first kappa shape index (κ1) is 54.6. The minimum Gasteiger partial charge on any atom is -0.480 e. The van der Waals surface area contributed by atoms with Gasteiger partial charge in [-0.15, -0.1) is 0 Å². The predicted molar refractivity (Wildman–Crippen MR) is 240 cm³/mol. The summed E-state index contributed by atoms with van der Waals surface area (Å²) in [6.45, 7) is 10.4. The maximum atomic E-state index is 13.9. The van der Waals surface area contributed by atoms with Crippen molar-refractivity contribution in [2.24, 2.45) is 50.5 Å². The SMILES string of the molecule is CC(C)CC(NC(=O)C(C)NC(=O)C(CCCN=C(N)N)NC(=O)C(C)NC(=O)C1CCCN1C(=O)C(CCCN=C(N)N)NC(=O)C(N)C(C)C)C(=O)NC(Cc1cnc[nH]1)C(=O)O. The minimum atomic E-state index is -1.33. The highest BCUT2D eigenvalue weighted by atomic mass is 16.4. The van der Waals surface area contributed by atoms with Crippen molar-refractivity contribution in [3.8, 4) is 0 Å². The molecule has 8 atom stereocenters. The van der Waals surface area contributed by atoms with Crippen LogP contribution in [0, 0.1) is 11.8 Å². The number of aromatic nitrogens is 2. The molecule has 8 unspecified atom stereocenters. The maximum absolute atomic E-state index is 13.9. The summed E-state index contributed by atoms with van der Waals surface area (Å²) in [5.74, 6) is -6.70. The van der Waals surface area contributed by atoms with E-state index in [1.54, 1.807) is 13.8 Å². The molecule has 0 bridgehead atoms. The third-order valence-electron chi connectivity index (χ3n) is 10.4. The van der Waals surface area contributed by atoms with Gasteiger partial charge in [0.25, 0.3) is 0 Å². The van der Waals surface area contributed by atoms with Gasteiger partial charge in [-0.05, 0) is 70.6 Å². The number of hydrogen-bond donors (Lipinski definition) is 13. The van der Waals surface area contributed by atoms with Gasteiger partial charge in [-0.2, -0.15) is 0 Å². The summed E-state index contributed by atoms with van der Waals surface area (Å²) in [5, 5.41) is 25.3. The van der Waals surface area contributed by atoms with Crippen LogP contribution in [0.5, 0.6) is 0 Å². The van der Waals surface area contributed by atoms with Crippen LogP contribution in [0.4, 0.5) is 0 Å². The molecule has 2 heterocycles. The highest BCUT2D eigenvalue weighted by molar-refractivity contribution is 5.97. The molecule has 0 aromatic carbocycles. The average Bonchev–Trinajstić information content (AvgIpc) is 3.94. The van der Waals surface area contributed by atoms with E-state index >= 15 is 0 Å². The minimum absolute atomic E-state index is 0.00366. The smallest absolute Gasteiger partial charge is 0.326 e. The molecule has 2 rings (SSSR count). The molecule has 0 radical (unpaired) electrons. The predicted octanol–water partition coefficient (Wildman–Crippen LogP) is -3.89. The molecular weight excluding hydrogens is 849 g/mol. The Morgan fingerprint density at radius 3 is 1.78 bits per heavy atom. The summed E-state index contributed by atoms with van der Waals surface area (Å²) in [6.07, 6.45) is 4.27. The summed E-state index contributed by atoms with van der Waals surface area (Å²) in [6, 6.07) is -9.14. The van der Waals surface area contributed by atoms with Crippen LogP contribution in [0.25, 0.3) is 0 Å². The number of likely N-dealkylation sites (tertiary alicyclic amines) is 1. The summed E-state index contributed by atoms with van der Waals surface area (Å²) >= 11 is 0. The zero-order valence-electron chi connectivity index (χ0n) is 38.1. The van der Waals surface area contributed by atoms with Crippen LogP contribution < -0.4 is 60.6 Å². The zero-order chi connectivity index (χ0) is 49.0. The Morgan fingerprint density at radius 1 is 0.738 bits per heavy atom. The van der Waals surface area contributed by atoms with Gasteiger partial charge >= 0.3 is 5.97 Å². The molecule has 1 aromatic heterocycles. The number of aromatic amines is 1. The zero-order valence-corrected chi connectivity index (χ0v) is 38.1. The Morgan fingerprint density at radius 2 is 1.26 bits per heavy atom. The van der Waals surface area contributed by atoms with E-state index in [4.69, 9.17) is 28.7 Å². The Hall–Kier alpha value is -6.53. The third-order valence-corrected chi connectivity index (χ3v) is 10.4. The molecule has 1 fully saturated rings. The van der Waals surface area contributed by atoms with Gasteiger partial charge in [-0.1, -0.05) is 27.7 Å². The molecule has 1 aromatic rings. The highest BCUT2D eigenvalue weighted by Gasteiger charge is 2.39. The van der Waals surface area contributed by atoms with Crippen molar-refractivity contribution < 1.29 is 43.5 Å². The topological polar surface area (TPSA) is 416 Å². The van der Waals surface area contributed by atoms with Gasteiger partial charge < -0.3 is 75.6 Å². The lowest BCUT2D eigenvalue weighted by Gasteiger charge is -2.30. The molecule has 0 spiro atoms. The fraction of sp³-hybridized carbons (Fsp3) is 0.675. The first-order chi connectivity index (χ1) is 30.5. The lowest BCUT2D eigenvalue weighted by molar-refractivity contribution is -0.142. The van der Waals surface area contributed by atoms with Crippen LogP contribution in [-0.4, -0.2) is 147 Å². The van der Waals surface area contributed by atoms with Crippen molar-refractivity contribution in [3.05, 3.63) is 18.2 Å². The monoisotopic (exact) mass is 919 g/mol. The van der Waals surface area contributed by atoms with Gasteiger partial charge in [-0.3, -0.25) is 43.5 Å². The Bertz CT molecular complexity index is 1830. The molecule has 0 saturated carbocycles. The summed E-state index contributed by atoms with van der Waals surface area (Å²) < 4.78 is 0. The number of carbonyl (C=O) groups excluding carboxylic acids is 7. The number of nitrogens with two attached hydrogens (primary N) is 5. The number of hydrogen-bond acceptors (Lipinski definition) is 12. The summed E-state index contributed by atoms with van der Waals surface area (Å²) in [7, 11) is 0. The van der Waals surface area contributed by atoms with E-state index in [1.165, 1.54) is 31.3 Å². The van der Waals surface area contributed by atoms with E-state index in [-0.39, 0.29) is 81.9 Å². The van der Waals surface area contributed by atoms with Crippen molar-refractivity contribution in [2.45, 2.75) is 141 Å². The number of guanidine groups is 2. The number of amides is 7. The third kappa shape index (κ3) is 19.0. The number of nitrogens with one attached hydrogen (secondary N) is 7. The van der Waals surface area contributed by atoms with Crippen molar-refractivity contribution in [2.75, 3.05) is 19.6 Å². The second kappa shape index (κ2) is 26.9. The molecule has 25 nitrogen and oxygen atoms in total. The molecule has 1 saturated heterocycles. The first-order valence-corrected chi connectivity index (χ1v) is 21.7. The van der Waals surface area contributed by atoms with Crippen LogP contribution >= 0.6 is 0 Å². The average molecular weight is 919 g/mol. The van der Waals surface area contributed by atoms with Gasteiger partial charge in [0.2, 0.25) is 41.4 Å². The molecule has 1 aliphatic heterocycles. The fourth-order valence-electron chi connectivity index (χ4n) is 6.75. The van der Waals surface area contributed by atoms with Crippen molar-refractivity contribution in [1.82, 2.24) is 46.8 Å². The number of imidazole rings is 1. The molecule has 7 amide bonds. The van der Waals surface area contributed by atoms with E-state index in [0.717, 1.165) is 0 Å². The second-order valence-corrected chi connectivity index (χ2v) is 16.8. The normalized spacial score (nSPS) is 16.7. The van der Waals surface area contributed by atoms with Gasteiger partial charge in [0.1, 0.15) is 42.3 Å². The molecular formula is C40H70N16O9. The lowest BCUT2D eigenvalue weighted by atomic mass is 10.0. The molecule has 65 heavy (non-hydrogen) atoms. The lowest BCUT2D eigenvalue weighted by Crippen LogP contribution is -2.59. The van der Waals surface area contributed by atoms with Gasteiger partial charge in [0.05, 0.1) is 12.4 Å². The molecule has 1 aliphatic rings. The molecule has 25 heteroatoms. The number of aliphatic carboxylic acids is 1. The van der Waals surface area contributed by atoms with E-state index in [2.05, 4.69) is 51.9 Å². The molecule has 0 aliphatic carbocycles. The number of rotatable bonds is 27. The number of carbonyl (C=O) groups is 8. The summed E-state index contributed by atoms with van der Waals surface area (Å²) in [5.41, 5.74) is 28.3. The van der Waals surface area contributed by atoms with Crippen molar-refractivity contribution in [3.63, 3.8) is 0 Å². The number of nitrogens with zero attached hydrogens (tertiary/aromatic N) is 4. The van der Waals surface area contributed by atoms with E-state index in [9.17, 15) is 43.5 Å². The Labute approximate surface area is 378 Å². The molecule has 364 valence electrons. The Balaban J connectivity index is 2.18. The standard InChI is InChI=1S/C40H70N16O9/c1-20(2)16-27(34(60)55-28(38(64)65)17-24-18-46-19-49-24)54-32(58)22(5)50-33(59)25(10-7-13-47-39(42)43)52-31(57)23(6)51-35(61)29-12-9-15-56(29)37(63)26(11-8-14-48-40(44)45)53-36(62)30(41)21(3)4/h18-23,25-30H,7-17,41H2,1-6H3,(H,46,49)(H,50,59)(H,51,61)(H,52,57)(H,53,62)(H,54,58)(H,55,60)(H,64,65)(H4,42,43,47)(H4,44,45,48). The van der Waals surface area contributed by atoms with E-state index < -0.39 is 95.7 Å². The van der Waals surface area contributed by atoms with Crippen molar-refractivity contribution in [1.29, 1.82) is 0 Å². The van der Waals surface area contributed by atoms with Crippen LogP contribution in [0.3, 0.4) is 0 Å². The van der Waals surface area contributed by atoms with Crippen LogP contribution in [0.2, 0.25) is 0 Å². The van der Waals surface area contributed by atoms with Crippen LogP contribution in [0.1, 0.15) is 92.2 Å². The number of carboxylic acid groups (broad SMARTS) is 1. The number of H-pyrrole nitrogens is 1. The fourth-order valence-corrected chi connectivity index (χ4v) is 6.75. The van der Waals surface area contributed by atoms with Crippen LogP contribution in [0.15, 0.2) is 22.5 Å². The highest BCUT2D eigenvalue weighted by Crippen LogP contribution is 2.20. The van der Waals surface area contributed by atoms with Gasteiger partial charge in [0, 0.05) is 37.9 Å². The number of carboxylic acids is 1. The summed E-state index contributed by atoms with van der Waals surface area (Å²) in [4.78, 5) is 122. The molecule has 18 N–H and O–H groups in total. The number of aliphatic imine (C=N–C) groups is 2.